The summed E-state index contributed by atoms with van der Waals surface area (Å²) >= 11 is 0. The summed E-state index contributed by atoms with van der Waals surface area (Å²) in [5.74, 6) is 0. The average molecular weight is 272 g/mol. The van der Waals surface area contributed by atoms with Crippen molar-refractivity contribution in [2.75, 3.05) is 32.7 Å². The summed E-state index contributed by atoms with van der Waals surface area (Å²) in [5, 5.41) is 3.54. The van der Waals surface area contributed by atoms with E-state index in [9.17, 15) is 0 Å². The predicted molar refractivity (Wildman–Crippen MR) is 85.1 cm³/mol. The zero-order valence-corrected chi connectivity index (χ0v) is 12.6. The summed E-state index contributed by atoms with van der Waals surface area (Å²) in [6.07, 6.45) is 8.21. The van der Waals surface area contributed by atoms with Gasteiger partial charge in [0.25, 0.3) is 0 Å². The number of hydrogen-bond donors (Lipinski definition) is 1. The standard InChI is InChI=1S/C18H28N2/c1-2-7-15-20(14-6-1)16-18(10-12-19-13-11-18)17-8-4-3-5-9-17/h3-5,8-9,19H,1-2,6-7,10-16H2. The minimum absolute atomic E-state index is 0.386. The van der Waals surface area contributed by atoms with Gasteiger partial charge >= 0.3 is 0 Å². The molecule has 2 aliphatic heterocycles. The molecular weight excluding hydrogens is 244 g/mol. The van der Waals surface area contributed by atoms with E-state index < -0.39 is 0 Å². The van der Waals surface area contributed by atoms with E-state index >= 15 is 0 Å². The number of nitrogens with one attached hydrogen (secondary N) is 1. The van der Waals surface area contributed by atoms with Gasteiger partial charge in [0.1, 0.15) is 0 Å². The molecule has 0 aliphatic carbocycles. The Morgan fingerprint density at radius 2 is 1.55 bits per heavy atom. The van der Waals surface area contributed by atoms with E-state index in [4.69, 9.17) is 0 Å². The highest BCUT2D eigenvalue weighted by Crippen LogP contribution is 2.34. The molecule has 1 aromatic carbocycles. The Hall–Kier alpha value is -0.860. The van der Waals surface area contributed by atoms with E-state index in [0.29, 0.717) is 5.41 Å². The molecule has 0 spiro atoms. The second-order valence-electron chi connectivity index (χ2n) is 6.59. The molecule has 1 aromatic rings. The zero-order valence-electron chi connectivity index (χ0n) is 12.6. The fourth-order valence-corrected chi connectivity index (χ4v) is 3.96. The number of benzene rings is 1. The van der Waals surface area contributed by atoms with E-state index in [2.05, 4.69) is 40.5 Å². The predicted octanol–water partition coefficient (Wildman–Crippen LogP) is 3.18. The maximum Gasteiger partial charge on any atom is 0.0104 e. The van der Waals surface area contributed by atoms with E-state index in [1.54, 1.807) is 5.56 Å². The second-order valence-corrected chi connectivity index (χ2v) is 6.59. The summed E-state index contributed by atoms with van der Waals surface area (Å²) in [6.45, 7) is 6.22. The third-order valence-electron chi connectivity index (χ3n) is 5.17. The fraction of sp³-hybridized carbons (Fsp3) is 0.667. The van der Waals surface area contributed by atoms with Crippen molar-refractivity contribution in [3.63, 3.8) is 0 Å². The Kier molecular flexibility index (Phi) is 4.74. The molecule has 0 radical (unpaired) electrons. The van der Waals surface area contributed by atoms with Crippen LogP contribution in [-0.4, -0.2) is 37.6 Å². The molecule has 3 rings (SSSR count). The molecule has 2 aliphatic rings. The van der Waals surface area contributed by atoms with Crippen molar-refractivity contribution >= 4 is 0 Å². The van der Waals surface area contributed by atoms with Crippen LogP contribution in [0.1, 0.15) is 44.1 Å². The summed E-state index contributed by atoms with van der Waals surface area (Å²) in [6, 6.07) is 11.3. The van der Waals surface area contributed by atoms with Crippen molar-refractivity contribution in [3.05, 3.63) is 35.9 Å². The van der Waals surface area contributed by atoms with Crippen LogP contribution in [0.5, 0.6) is 0 Å². The second kappa shape index (κ2) is 6.73. The molecule has 20 heavy (non-hydrogen) atoms. The van der Waals surface area contributed by atoms with Gasteiger partial charge in [0.2, 0.25) is 0 Å². The average Bonchev–Trinajstić information content (AvgIpc) is 2.78. The van der Waals surface area contributed by atoms with Crippen LogP contribution in [0.4, 0.5) is 0 Å². The van der Waals surface area contributed by atoms with Crippen LogP contribution in [0.15, 0.2) is 30.3 Å². The van der Waals surface area contributed by atoms with Crippen LogP contribution >= 0.6 is 0 Å². The lowest BCUT2D eigenvalue weighted by molar-refractivity contribution is 0.178. The molecule has 0 unspecified atom stereocenters. The van der Waals surface area contributed by atoms with E-state index in [1.807, 2.05) is 0 Å². The monoisotopic (exact) mass is 272 g/mol. The lowest BCUT2D eigenvalue weighted by Crippen LogP contribution is -2.48. The molecule has 2 fully saturated rings. The topological polar surface area (TPSA) is 15.3 Å². The number of rotatable bonds is 3. The molecule has 2 saturated heterocycles. The highest BCUT2D eigenvalue weighted by molar-refractivity contribution is 5.27. The van der Waals surface area contributed by atoms with Crippen LogP contribution in [0.3, 0.4) is 0 Å². The third-order valence-corrected chi connectivity index (χ3v) is 5.17. The summed E-state index contributed by atoms with van der Waals surface area (Å²) in [4.78, 5) is 2.74. The van der Waals surface area contributed by atoms with Gasteiger partial charge in [0.15, 0.2) is 0 Å². The number of hydrogen-bond acceptors (Lipinski definition) is 2. The smallest absolute Gasteiger partial charge is 0.0104 e. The molecule has 2 heteroatoms. The van der Waals surface area contributed by atoms with Gasteiger partial charge in [-0.25, -0.2) is 0 Å². The SMILES string of the molecule is c1ccc(C2(CN3CCCCCC3)CCNCC2)cc1. The van der Waals surface area contributed by atoms with Crippen LogP contribution in [0.25, 0.3) is 0 Å². The first-order valence-corrected chi connectivity index (χ1v) is 8.38. The van der Waals surface area contributed by atoms with Crippen molar-refractivity contribution in [2.24, 2.45) is 0 Å². The molecule has 0 amide bonds. The summed E-state index contributed by atoms with van der Waals surface area (Å²) in [5.41, 5.74) is 1.95. The summed E-state index contributed by atoms with van der Waals surface area (Å²) < 4.78 is 0. The Bertz CT molecular complexity index is 387. The van der Waals surface area contributed by atoms with Gasteiger partial charge in [-0.05, 0) is 57.4 Å². The van der Waals surface area contributed by atoms with Crippen molar-refractivity contribution in [2.45, 2.75) is 43.9 Å². The van der Waals surface area contributed by atoms with Gasteiger partial charge in [-0.15, -0.1) is 0 Å². The Morgan fingerprint density at radius 3 is 2.20 bits per heavy atom. The molecule has 2 heterocycles. The van der Waals surface area contributed by atoms with Crippen LogP contribution < -0.4 is 5.32 Å². The molecule has 0 atom stereocenters. The van der Waals surface area contributed by atoms with Crippen LogP contribution in [0, 0.1) is 0 Å². The van der Waals surface area contributed by atoms with Gasteiger partial charge < -0.3 is 10.2 Å². The minimum atomic E-state index is 0.386. The first kappa shape index (κ1) is 14.1. The molecule has 110 valence electrons. The lowest BCUT2D eigenvalue weighted by atomic mass is 9.72. The van der Waals surface area contributed by atoms with Crippen molar-refractivity contribution in [3.8, 4) is 0 Å². The van der Waals surface area contributed by atoms with Gasteiger partial charge in [0.05, 0.1) is 0 Å². The number of likely N-dealkylation sites (tertiary alicyclic amines) is 1. The zero-order chi connectivity index (χ0) is 13.7. The third kappa shape index (κ3) is 3.24. The molecule has 0 saturated carbocycles. The first-order chi connectivity index (χ1) is 9.89. The largest absolute Gasteiger partial charge is 0.317 e. The van der Waals surface area contributed by atoms with Gasteiger partial charge in [-0.1, -0.05) is 43.2 Å². The van der Waals surface area contributed by atoms with E-state index in [-0.39, 0.29) is 0 Å². The van der Waals surface area contributed by atoms with Crippen molar-refractivity contribution < 1.29 is 0 Å². The number of nitrogens with zero attached hydrogens (tertiary/aromatic N) is 1. The fourth-order valence-electron chi connectivity index (χ4n) is 3.96. The maximum absolute atomic E-state index is 3.54. The summed E-state index contributed by atoms with van der Waals surface area (Å²) in [7, 11) is 0. The Balaban J connectivity index is 1.78. The van der Waals surface area contributed by atoms with Crippen molar-refractivity contribution in [1.29, 1.82) is 0 Å². The molecule has 0 bridgehead atoms. The molecular formula is C18H28N2. The maximum atomic E-state index is 3.54. The van der Waals surface area contributed by atoms with Gasteiger partial charge in [0, 0.05) is 12.0 Å². The minimum Gasteiger partial charge on any atom is -0.317 e. The van der Waals surface area contributed by atoms with Gasteiger partial charge in [-0.3, -0.25) is 0 Å². The normalized spacial score (nSPS) is 24.2. The first-order valence-electron chi connectivity index (χ1n) is 8.38. The number of piperidine rings is 1. The lowest BCUT2D eigenvalue weighted by Gasteiger charge is -2.42. The molecule has 0 aromatic heterocycles. The highest BCUT2D eigenvalue weighted by atomic mass is 15.1. The van der Waals surface area contributed by atoms with Gasteiger partial charge in [-0.2, -0.15) is 0 Å². The van der Waals surface area contributed by atoms with E-state index in [0.717, 1.165) is 0 Å². The quantitative estimate of drug-likeness (QED) is 0.909. The molecule has 2 nitrogen and oxygen atoms in total. The molecule has 1 N–H and O–H groups in total. The Morgan fingerprint density at radius 1 is 0.900 bits per heavy atom. The van der Waals surface area contributed by atoms with E-state index in [1.165, 1.54) is 71.2 Å². The van der Waals surface area contributed by atoms with Crippen LogP contribution in [0.2, 0.25) is 0 Å². The van der Waals surface area contributed by atoms with Crippen LogP contribution in [-0.2, 0) is 5.41 Å². The van der Waals surface area contributed by atoms with Crippen molar-refractivity contribution in [1.82, 2.24) is 10.2 Å². The highest BCUT2D eigenvalue weighted by Gasteiger charge is 2.35. The Labute approximate surface area is 123 Å².